The van der Waals surface area contributed by atoms with Gasteiger partial charge in [-0.3, -0.25) is 19.0 Å². The van der Waals surface area contributed by atoms with Crippen molar-refractivity contribution in [3.63, 3.8) is 0 Å². The second-order valence-corrected chi connectivity index (χ2v) is 4.73. The first kappa shape index (κ1) is 17.0. The predicted octanol–water partition coefficient (Wildman–Crippen LogP) is 0.0438. The van der Waals surface area contributed by atoms with Crippen LogP contribution in [-0.4, -0.2) is 40.5 Å². The Labute approximate surface area is 125 Å². The van der Waals surface area contributed by atoms with Crippen molar-refractivity contribution in [1.82, 2.24) is 9.55 Å². The second-order valence-electron chi connectivity index (χ2n) is 3.79. The van der Waals surface area contributed by atoms with E-state index in [4.69, 9.17) is 15.2 Å². The zero-order valence-corrected chi connectivity index (χ0v) is 12.6. The Bertz CT molecular complexity index is 573. The van der Waals surface area contributed by atoms with Gasteiger partial charge in [-0.25, -0.2) is 0 Å². The molecule has 1 aromatic heterocycles. The van der Waals surface area contributed by atoms with Crippen molar-refractivity contribution in [3.8, 4) is 0 Å². The van der Waals surface area contributed by atoms with Crippen LogP contribution in [0.4, 0.5) is 5.82 Å². The molecule has 8 nitrogen and oxygen atoms in total. The van der Waals surface area contributed by atoms with Crippen molar-refractivity contribution in [3.05, 3.63) is 16.4 Å². The highest BCUT2D eigenvalue weighted by molar-refractivity contribution is 7.99. The van der Waals surface area contributed by atoms with Crippen LogP contribution in [0.5, 0.6) is 0 Å². The number of nitrogens with two attached hydrogens (primary N) is 1. The quantitative estimate of drug-likeness (QED) is 0.426. The van der Waals surface area contributed by atoms with E-state index in [1.165, 1.54) is 4.57 Å². The summed E-state index contributed by atoms with van der Waals surface area (Å²) in [6.07, 6.45) is 0. The van der Waals surface area contributed by atoms with Gasteiger partial charge in [-0.1, -0.05) is 11.8 Å². The number of hydrogen-bond donors (Lipinski definition) is 1. The number of carbonyl (C=O) groups is 2. The van der Waals surface area contributed by atoms with E-state index in [1.807, 2.05) is 0 Å². The summed E-state index contributed by atoms with van der Waals surface area (Å²) in [6, 6.07) is 1.10. The van der Waals surface area contributed by atoms with Crippen molar-refractivity contribution in [1.29, 1.82) is 0 Å². The molecular weight excluding hydrogens is 298 g/mol. The minimum atomic E-state index is -0.543. The summed E-state index contributed by atoms with van der Waals surface area (Å²) in [5, 5.41) is 0.168. The Morgan fingerprint density at radius 1 is 1.29 bits per heavy atom. The van der Waals surface area contributed by atoms with E-state index < -0.39 is 17.5 Å². The van der Waals surface area contributed by atoms with Crippen LogP contribution in [0.25, 0.3) is 0 Å². The lowest BCUT2D eigenvalue weighted by atomic mass is 10.5. The molecule has 0 atom stereocenters. The van der Waals surface area contributed by atoms with Gasteiger partial charge in [0, 0.05) is 6.07 Å². The van der Waals surface area contributed by atoms with Crippen LogP contribution in [0.3, 0.4) is 0 Å². The number of thioether (sulfide) groups is 1. The number of rotatable bonds is 7. The first-order valence-electron chi connectivity index (χ1n) is 6.29. The van der Waals surface area contributed by atoms with Crippen LogP contribution in [0.2, 0.25) is 0 Å². The van der Waals surface area contributed by atoms with E-state index in [-0.39, 0.29) is 36.5 Å². The van der Waals surface area contributed by atoms with Gasteiger partial charge in [0.2, 0.25) is 0 Å². The standard InChI is InChI=1S/C12H17N3O5S/c1-3-19-10(17)6-15-8(13)5-9(16)14-12(15)21-7-11(18)20-4-2/h5H,3-4,6-7,13H2,1-2H3. The fraction of sp³-hybridized carbons (Fsp3) is 0.500. The number of ether oxygens (including phenoxy) is 2. The highest BCUT2D eigenvalue weighted by atomic mass is 32.2. The molecule has 1 aromatic rings. The number of aromatic nitrogens is 2. The SMILES string of the molecule is CCOC(=O)CSc1nc(=O)cc(N)n1CC(=O)OCC. The zero-order chi connectivity index (χ0) is 15.8. The first-order chi connectivity index (χ1) is 9.97. The zero-order valence-electron chi connectivity index (χ0n) is 11.8. The molecule has 21 heavy (non-hydrogen) atoms. The van der Waals surface area contributed by atoms with Crippen LogP contribution in [0, 0.1) is 0 Å². The fourth-order valence-electron chi connectivity index (χ4n) is 1.43. The lowest BCUT2D eigenvalue weighted by Gasteiger charge is -2.13. The monoisotopic (exact) mass is 315 g/mol. The number of nitrogen functional groups attached to an aromatic ring is 1. The second kappa shape index (κ2) is 8.30. The molecule has 1 heterocycles. The van der Waals surface area contributed by atoms with Crippen molar-refractivity contribution in [2.75, 3.05) is 24.7 Å². The normalized spacial score (nSPS) is 10.2. The van der Waals surface area contributed by atoms with Crippen molar-refractivity contribution >= 4 is 29.5 Å². The number of anilines is 1. The Hall–Kier alpha value is -2.03. The van der Waals surface area contributed by atoms with E-state index in [1.54, 1.807) is 13.8 Å². The molecule has 0 bridgehead atoms. The molecule has 0 aromatic carbocycles. The third-order valence-corrected chi connectivity index (χ3v) is 3.19. The van der Waals surface area contributed by atoms with E-state index >= 15 is 0 Å². The van der Waals surface area contributed by atoms with Gasteiger partial charge >= 0.3 is 11.9 Å². The van der Waals surface area contributed by atoms with Crippen molar-refractivity contribution < 1.29 is 19.1 Å². The molecule has 1 rings (SSSR count). The Balaban J connectivity index is 2.92. The van der Waals surface area contributed by atoms with E-state index in [0.29, 0.717) is 0 Å². The Morgan fingerprint density at radius 2 is 1.90 bits per heavy atom. The third kappa shape index (κ3) is 5.46. The molecule has 0 aliphatic rings. The average molecular weight is 315 g/mol. The summed E-state index contributed by atoms with van der Waals surface area (Å²) in [5.41, 5.74) is 5.17. The molecule has 2 N–H and O–H groups in total. The smallest absolute Gasteiger partial charge is 0.326 e. The summed E-state index contributed by atoms with van der Waals surface area (Å²) < 4.78 is 10.9. The van der Waals surface area contributed by atoms with Crippen molar-refractivity contribution in [2.45, 2.75) is 25.5 Å². The largest absolute Gasteiger partial charge is 0.465 e. The van der Waals surface area contributed by atoms with Gasteiger partial charge in [0.1, 0.15) is 12.4 Å². The summed E-state index contributed by atoms with van der Waals surface area (Å²) in [4.78, 5) is 38.0. The molecule has 0 spiro atoms. The lowest BCUT2D eigenvalue weighted by molar-refractivity contribution is -0.144. The van der Waals surface area contributed by atoms with Gasteiger partial charge < -0.3 is 15.2 Å². The number of esters is 2. The predicted molar refractivity (Wildman–Crippen MR) is 76.9 cm³/mol. The molecule has 0 saturated carbocycles. The minimum absolute atomic E-state index is 0.0352. The summed E-state index contributed by atoms with van der Waals surface area (Å²) in [7, 11) is 0. The molecule has 116 valence electrons. The maximum absolute atomic E-state index is 11.5. The summed E-state index contributed by atoms with van der Waals surface area (Å²) >= 11 is 0.973. The Morgan fingerprint density at radius 3 is 2.52 bits per heavy atom. The number of hydrogen-bond acceptors (Lipinski definition) is 8. The number of carbonyl (C=O) groups excluding carboxylic acids is 2. The topological polar surface area (TPSA) is 114 Å². The Kier molecular flexibility index (Phi) is 6.73. The van der Waals surface area contributed by atoms with Gasteiger partial charge in [0.15, 0.2) is 5.16 Å². The highest BCUT2D eigenvalue weighted by Crippen LogP contribution is 2.17. The molecule has 0 unspecified atom stereocenters. The van der Waals surface area contributed by atoms with Crippen molar-refractivity contribution in [2.24, 2.45) is 0 Å². The number of nitrogens with zero attached hydrogens (tertiary/aromatic N) is 2. The van der Waals surface area contributed by atoms with Gasteiger partial charge in [-0.05, 0) is 13.8 Å². The minimum Gasteiger partial charge on any atom is -0.465 e. The third-order valence-electron chi connectivity index (χ3n) is 2.24. The van der Waals surface area contributed by atoms with Crippen LogP contribution in [0.15, 0.2) is 16.0 Å². The van der Waals surface area contributed by atoms with E-state index in [9.17, 15) is 14.4 Å². The van der Waals surface area contributed by atoms with Gasteiger partial charge in [0.05, 0.1) is 19.0 Å². The summed E-state index contributed by atoms with van der Waals surface area (Å²) in [6.45, 7) is 3.69. The molecule has 0 aliphatic carbocycles. The molecule has 0 amide bonds. The molecule has 0 radical (unpaired) electrons. The van der Waals surface area contributed by atoms with Crippen LogP contribution in [-0.2, 0) is 25.6 Å². The highest BCUT2D eigenvalue weighted by Gasteiger charge is 2.14. The molecule has 0 fully saturated rings. The summed E-state index contributed by atoms with van der Waals surface area (Å²) in [5.74, 6) is -0.907. The first-order valence-corrected chi connectivity index (χ1v) is 7.27. The van der Waals surface area contributed by atoms with Crippen LogP contribution in [0.1, 0.15) is 13.8 Å². The van der Waals surface area contributed by atoms with Crippen LogP contribution >= 0.6 is 11.8 Å². The molecular formula is C12H17N3O5S. The van der Waals surface area contributed by atoms with Gasteiger partial charge in [-0.2, -0.15) is 4.98 Å². The van der Waals surface area contributed by atoms with Gasteiger partial charge in [-0.15, -0.1) is 0 Å². The molecule has 0 saturated heterocycles. The maximum atomic E-state index is 11.5. The lowest BCUT2D eigenvalue weighted by Crippen LogP contribution is -2.23. The average Bonchev–Trinajstić information content (AvgIpc) is 2.40. The van der Waals surface area contributed by atoms with Crippen LogP contribution < -0.4 is 11.3 Å². The molecule has 0 aliphatic heterocycles. The molecule has 9 heteroatoms. The van der Waals surface area contributed by atoms with E-state index in [2.05, 4.69) is 4.98 Å². The van der Waals surface area contributed by atoms with E-state index in [0.717, 1.165) is 17.8 Å². The maximum Gasteiger partial charge on any atom is 0.326 e. The fourth-order valence-corrected chi connectivity index (χ4v) is 2.24. The van der Waals surface area contributed by atoms with Gasteiger partial charge in [0.25, 0.3) is 5.56 Å².